The Morgan fingerprint density at radius 3 is 2.48 bits per heavy atom. The van der Waals surface area contributed by atoms with Crippen molar-refractivity contribution in [3.05, 3.63) is 35.4 Å². The lowest BCUT2D eigenvalue weighted by Gasteiger charge is -2.33. The van der Waals surface area contributed by atoms with Gasteiger partial charge in [0.15, 0.2) is 0 Å². The Bertz CT molecular complexity index is 676. The normalized spacial score (nSPS) is 18.5. The molecule has 1 aromatic rings. The van der Waals surface area contributed by atoms with E-state index in [1.807, 2.05) is 0 Å². The zero-order chi connectivity index (χ0) is 21.4. The molecule has 0 spiro atoms. The Morgan fingerprint density at radius 1 is 1.17 bits per heavy atom. The van der Waals surface area contributed by atoms with Gasteiger partial charge in [-0.05, 0) is 63.7 Å². The third-order valence-corrected chi connectivity index (χ3v) is 5.54. The van der Waals surface area contributed by atoms with Gasteiger partial charge in [-0.25, -0.2) is 8.78 Å². The molecule has 0 aliphatic carbocycles. The quantitative estimate of drug-likeness (QED) is 0.614. The number of hydrogen-bond acceptors (Lipinski definition) is 3. The van der Waals surface area contributed by atoms with E-state index in [-0.39, 0.29) is 11.8 Å². The molecule has 2 unspecified atom stereocenters. The number of rotatable bonds is 9. The molecule has 1 fully saturated rings. The number of benzene rings is 1. The van der Waals surface area contributed by atoms with Crippen molar-refractivity contribution < 1.29 is 18.4 Å². The first-order valence-corrected chi connectivity index (χ1v) is 10.6. The van der Waals surface area contributed by atoms with Crippen LogP contribution in [0.15, 0.2) is 18.2 Å². The first kappa shape index (κ1) is 23.3. The smallest absolute Gasteiger partial charge is 0.257 e. The number of amides is 2. The van der Waals surface area contributed by atoms with E-state index < -0.39 is 29.1 Å². The van der Waals surface area contributed by atoms with E-state index in [1.165, 1.54) is 25.3 Å². The van der Waals surface area contributed by atoms with E-state index in [1.54, 1.807) is 13.8 Å². The van der Waals surface area contributed by atoms with Crippen LogP contribution in [0, 0.1) is 17.6 Å². The maximum atomic E-state index is 13.8. The first-order valence-electron chi connectivity index (χ1n) is 10.6. The van der Waals surface area contributed by atoms with Crippen molar-refractivity contribution in [1.29, 1.82) is 0 Å². The van der Waals surface area contributed by atoms with Crippen LogP contribution >= 0.6 is 0 Å². The largest absolute Gasteiger partial charge is 0.354 e. The SMILES string of the molecule is CC(C)C(NC(=O)c1c(F)cccc1F)C(=O)NCCCCN1CCCCC1C. The third-order valence-electron chi connectivity index (χ3n) is 5.54. The lowest BCUT2D eigenvalue weighted by Crippen LogP contribution is -2.50. The highest BCUT2D eigenvalue weighted by molar-refractivity contribution is 5.98. The molecule has 0 radical (unpaired) electrons. The average molecular weight is 410 g/mol. The molecule has 1 saturated heterocycles. The fourth-order valence-corrected chi connectivity index (χ4v) is 3.71. The monoisotopic (exact) mass is 409 g/mol. The van der Waals surface area contributed by atoms with Crippen LogP contribution < -0.4 is 10.6 Å². The van der Waals surface area contributed by atoms with E-state index in [0.717, 1.165) is 38.1 Å². The minimum Gasteiger partial charge on any atom is -0.354 e. The van der Waals surface area contributed by atoms with E-state index in [9.17, 15) is 18.4 Å². The van der Waals surface area contributed by atoms with Crippen molar-refractivity contribution in [2.45, 2.75) is 65.0 Å². The standard InChI is InChI=1S/C22H33F2N3O2/c1-15(2)20(26-21(28)19-17(23)10-8-11-18(19)24)22(29)25-12-5-7-14-27-13-6-4-9-16(27)3/h8,10-11,15-16,20H,4-7,9,12-14H2,1-3H3,(H,25,29)(H,26,28). The Hall–Kier alpha value is -2.02. The van der Waals surface area contributed by atoms with Crippen molar-refractivity contribution >= 4 is 11.8 Å². The highest BCUT2D eigenvalue weighted by Crippen LogP contribution is 2.17. The van der Waals surface area contributed by atoms with Gasteiger partial charge in [0.05, 0.1) is 0 Å². The number of likely N-dealkylation sites (tertiary alicyclic amines) is 1. The second-order valence-electron chi connectivity index (χ2n) is 8.17. The van der Waals surface area contributed by atoms with Gasteiger partial charge in [0.2, 0.25) is 5.91 Å². The second kappa shape index (κ2) is 11.2. The number of carbonyl (C=O) groups excluding carboxylic acids is 2. The highest BCUT2D eigenvalue weighted by atomic mass is 19.1. The Morgan fingerprint density at radius 2 is 1.86 bits per heavy atom. The summed E-state index contributed by atoms with van der Waals surface area (Å²) in [6.45, 7) is 8.49. The molecule has 1 aliphatic heterocycles. The summed E-state index contributed by atoms with van der Waals surface area (Å²) in [5.41, 5.74) is -0.665. The van der Waals surface area contributed by atoms with Gasteiger partial charge in [0.1, 0.15) is 23.2 Å². The third kappa shape index (κ3) is 6.77. The van der Waals surface area contributed by atoms with Gasteiger partial charge in [0, 0.05) is 12.6 Å². The number of nitrogens with one attached hydrogen (secondary N) is 2. The summed E-state index contributed by atoms with van der Waals surface area (Å²) in [6, 6.07) is 3.00. The Balaban J connectivity index is 1.80. The summed E-state index contributed by atoms with van der Waals surface area (Å²) in [6.07, 6.45) is 5.63. The van der Waals surface area contributed by atoms with Crippen molar-refractivity contribution in [2.24, 2.45) is 5.92 Å². The van der Waals surface area contributed by atoms with Crippen LogP contribution in [0.25, 0.3) is 0 Å². The zero-order valence-corrected chi connectivity index (χ0v) is 17.6. The predicted molar refractivity (Wildman–Crippen MR) is 110 cm³/mol. The number of hydrogen-bond donors (Lipinski definition) is 2. The number of unbranched alkanes of at least 4 members (excludes halogenated alkanes) is 1. The van der Waals surface area contributed by atoms with E-state index in [2.05, 4.69) is 22.5 Å². The van der Waals surface area contributed by atoms with Crippen molar-refractivity contribution in [2.75, 3.05) is 19.6 Å². The molecule has 0 bridgehead atoms. The van der Waals surface area contributed by atoms with Crippen molar-refractivity contribution in [3.63, 3.8) is 0 Å². The molecule has 2 N–H and O–H groups in total. The van der Waals surface area contributed by atoms with Crippen LogP contribution in [-0.4, -0.2) is 48.4 Å². The zero-order valence-electron chi connectivity index (χ0n) is 17.6. The van der Waals surface area contributed by atoms with Crippen LogP contribution in [0.1, 0.15) is 63.2 Å². The van der Waals surface area contributed by atoms with Gasteiger partial charge in [-0.3, -0.25) is 9.59 Å². The predicted octanol–water partition coefficient (Wildman–Crippen LogP) is 3.49. The Kier molecular flexibility index (Phi) is 9.01. The highest BCUT2D eigenvalue weighted by Gasteiger charge is 2.27. The molecule has 2 amide bonds. The summed E-state index contributed by atoms with van der Waals surface area (Å²) >= 11 is 0. The molecule has 1 heterocycles. The fourth-order valence-electron chi connectivity index (χ4n) is 3.71. The van der Waals surface area contributed by atoms with Gasteiger partial charge in [-0.2, -0.15) is 0 Å². The van der Waals surface area contributed by atoms with E-state index >= 15 is 0 Å². The molecule has 5 nitrogen and oxygen atoms in total. The number of halogens is 2. The summed E-state index contributed by atoms with van der Waals surface area (Å²) in [4.78, 5) is 27.3. The van der Waals surface area contributed by atoms with Gasteiger partial charge in [-0.15, -0.1) is 0 Å². The molecule has 7 heteroatoms. The molecular weight excluding hydrogens is 376 g/mol. The lowest BCUT2D eigenvalue weighted by atomic mass is 10.0. The average Bonchev–Trinajstić information content (AvgIpc) is 2.66. The molecule has 2 rings (SSSR count). The van der Waals surface area contributed by atoms with Crippen LogP contribution in [0.2, 0.25) is 0 Å². The maximum Gasteiger partial charge on any atom is 0.257 e. The molecular formula is C22H33F2N3O2. The van der Waals surface area contributed by atoms with Crippen LogP contribution in [0.5, 0.6) is 0 Å². The summed E-state index contributed by atoms with van der Waals surface area (Å²) < 4.78 is 27.6. The maximum absolute atomic E-state index is 13.8. The van der Waals surface area contributed by atoms with Crippen molar-refractivity contribution in [1.82, 2.24) is 15.5 Å². The minimum absolute atomic E-state index is 0.219. The summed E-state index contributed by atoms with van der Waals surface area (Å²) in [5.74, 6) is -3.37. The van der Waals surface area contributed by atoms with E-state index in [4.69, 9.17) is 0 Å². The molecule has 0 saturated carbocycles. The van der Waals surface area contributed by atoms with Gasteiger partial charge in [-0.1, -0.05) is 26.3 Å². The van der Waals surface area contributed by atoms with Gasteiger partial charge in [0.25, 0.3) is 5.91 Å². The number of nitrogens with zero attached hydrogens (tertiary/aromatic N) is 1. The minimum atomic E-state index is -0.947. The molecule has 1 aromatic carbocycles. The summed E-state index contributed by atoms with van der Waals surface area (Å²) in [5, 5.41) is 5.31. The van der Waals surface area contributed by atoms with Crippen LogP contribution in [0.4, 0.5) is 8.78 Å². The molecule has 162 valence electrons. The summed E-state index contributed by atoms with van der Waals surface area (Å²) in [7, 11) is 0. The number of piperidine rings is 1. The van der Waals surface area contributed by atoms with Crippen molar-refractivity contribution in [3.8, 4) is 0 Å². The van der Waals surface area contributed by atoms with Gasteiger partial charge < -0.3 is 15.5 Å². The Labute approximate surface area is 172 Å². The lowest BCUT2D eigenvalue weighted by molar-refractivity contribution is -0.123. The molecule has 29 heavy (non-hydrogen) atoms. The second-order valence-corrected chi connectivity index (χ2v) is 8.17. The topological polar surface area (TPSA) is 61.4 Å². The number of carbonyl (C=O) groups is 2. The first-order chi connectivity index (χ1) is 13.8. The molecule has 2 atom stereocenters. The van der Waals surface area contributed by atoms with E-state index in [0.29, 0.717) is 12.6 Å². The van der Waals surface area contributed by atoms with Crippen LogP contribution in [0.3, 0.4) is 0 Å². The molecule has 0 aromatic heterocycles. The molecule has 1 aliphatic rings. The van der Waals surface area contributed by atoms with Gasteiger partial charge >= 0.3 is 0 Å². The fraction of sp³-hybridized carbons (Fsp3) is 0.636. The van der Waals surface area contributed by atoms with Crippen LogP contribution in [-0.2, 0) is 4.79 Å².